The highest BCUT2D eigenvalue weighted by molar-refractivity contribution is 7.98. The maximum absolute atomic E-state index is 13.7. The summed E-state index contributed by atoms with van der Waals surface area (Å²) in [6, 6.07) is 12.6. The lowest BCUT2D eigenvalue weighted by Crippen LogP contribution is -2.39. The molecule has 2 aromatic carbocycles. The molecule has 0 spiro atoms. The monoisotopic (exact) mass is 510 g/mol. The molecule has 0 radical (unpaired) electrons. The number of aromatic nitrogens is 1. The van der Waals surface area contributed by atoms with Crippen LogP contribution < -0.4 is 24.4 Å². The standard InChI is InChI=1S/C26H26N2O5S2/c1-6-33-25(30)22-15(2)27-26-28(23(22)16-8-11-19(34-5)12-9-16)24(29)21(35-26)13-17-7-10-18(31-3)14-20(17)32-4/h7-14,23H,6H2,1-5H3/b21-13-. The van der Waals surface area contributed by atoms with Gasteiger partial charge < -0.3 is 14.2 Å². The fraction of sp³-hybridized carbons (Fsp3) is 0.269. The van der Waals surface area contributed by atoms with Crippen molar-refractivity contribution < 1.29 is 19.0 Å². The van der Waals surface area contributed by atoms with Gasteiger partial charge in [0, 0.05) is 16.5 Å². The summed E-state index contributed by atoms with van der Waals surface area (Å²) in [7, 11) is 3.16. The molecular formula is C26H26N2O5S2. The van der Waals surface area contributed by atoms with E-state index < -0.39 is 12.0 Å². The second-order valence-corrected chi connectivity index (χ2v) is 9.57. The first-order valence-electron chi connectivity index (χ1n) is 11.0. The Labute approximate surface area is 211 Å². The maximum atomic E-state index is 13.7. The molecule has 1 aliphatic heterocycles. The number of hydrogen-bond donors (Lipinski definition) is 0. The molecule has 3 aromatic rings. The molecule has 0 aliphatic carbocycles. The van der Waals surface area contributed by atoms with Crippen LogP contribution in [0, 0.1) is 0 Å². The predicted octanol–water partition coefficient (Wildman–Crippen LogP) is 3.54. The van der Waals surface area contributed by atoms with Gasteiger partial charge in [-0.3, -0.25) is 9.36 Å². The van der Waals surface area contributed by atoms with Gasteiger partial charge in [-0.15, -0.1) is 11.8 Å². The minimum Gasteiger partial charge on any atom is -0.497 e. The van der Waals surface area contributed by atoms with E-state index in [-0.39, 0.29) is 12.2 Å². The first-order chi connectivity index (χ1) is 16.9. The average molecular weight is 511 g/mol. The van der Waals surface area contributed by atoms with Crippen molar-refractivity contribution in [2.75, 3.05) is 27.1 Å². The lowest BCUT2D eigenvalue weighted by Gasteiger charge is -2.24. The molecule has 0 amide bonds. The summed E-state index contributed by atoms with van der Waals surface area (Å²) in [5, 5.41) is 0. The topological polar surface area (TPSA) is 79.1 Å². The molecule has 35 heavy (non-hydrogen) atoms. The third-order valence-electron chi connectivity index (χ3n) is 5.68. The summed E-state index contributed by atoms with van der Waals surface area (Å²) in [6.07, 6.45) is 3.78. The number of ether oxygens (including phenoxy) is 3. The number of fused-ring (bicyclic) bond motifs is 1. The second-order valence-electron chi connectivity index (χ2n) is 7.68. The largest absolute Gasteiger partial charge is 0.497 e. The Hall–Kier alpha value is -3.30. The van der Waals surface area contributed by atoms with Crippen LogP contribution in [0.25, 0.3) is 6.08 Å². The number of methoxy groups -OCH3 is 2. The number of carbonyl (C=O) groups is 1. The summed E-state index contributed by atoms with van der Waals surface area (Å²) >= 11 is 2.90. The molecule has 9 heteroatoms. The number of nitrogens with zero attached hydrogens (tertiary/aromatic N) is 2. The second kappa shape index (κ2) is 10.5. The summed E-state index contributed by atoms with van der Waals surface area (Å²) < 4.78 is 18.2. The zero-order chi connectivity index (χ0) is 25.1. The van der Waals surface area contributed by atoms with Gasteiger partial charge in [0.15, 0.2) is 4.80 Å². The van der Waals surface area contributed by atoms with Crippen molar-refractivity contribution in [1.82, 2.24) is 4.57 Å². The van der Waals surface area contributed by atoms with Gasteiger partial charge in [0.25, 0.3) is 5.56 Å². The Kier molecular flexibility index (Phi) is 7.47. The highest BCUT2D eigenvalue weighted by atomic mass is 32.2. The summed E-state index contributed by atoms with van der Waals surface area (Å²) in [5.41, 5.74) is 2.22. The number of hydrogen-bond acceptors (Lipinski definition) is 8. The number of rotatable bonds is 7. The fourth-order valence-electron chi connectivity index (χ4n) is 3.97. The van der Waals surface area contributed by atoms with Crippen molar-refractivity contribution in [2.24, 2.45) is 4.99 Å². The summed E-state index contributed by atoms with van der Waals surface area (Å²) in [6.45, 7) is 3.77. The van der Waals surface area contributed by atoms with Crippen LogP contribution in [-0.2, 0) is 9.53 Å². The van der Waals surface area contributed by atoms with E-state index >= 15 is 0 Å². The minimum absolute atomic E-state index is 0.232. The molecule has 1 aliphatic rings. The number of esters is 1. The molecule has 1 unspecified atom stereocenters. The quantitative estimate of drug-likeness (QED) is 0.357. The molecule has 7 nitrogen and oxygen atoms in total. The van der Waals surface area contributed by atoms with Crippen molar-refractivity contribution in [3.63, 3.8) is 0 Å². The number of allylic oxidation sites excluding steroid dienone is 1. The average Bonchev–Trinajstić information content (AvgIpc) is 3.17. The number of carbonyl (C=O) groups excluding carboxylic acids is 1. The van der Waals surface area contributed by atoms with Gasteiger partial charge in [0.2, 0.25) is 0 Å². The van der Waals surface area contributed by atoms with Crippen molar-refractivity contribution in [1.29, 1.82) is 0 Å². The number of benzene rings is 2. The van der Waals surface area contributed by atoms with Crippen molar-refractivity contribution >= 4 is 35.1 Å². The van der Waals surface area contributed by atoms with E-state index in [4.69, 9.17) is 14.2 Å². The molecule has 2 heterocycles. The first kappa shape index (κ1) is 24.8. The smallest absolute Gasteiger partial charge is 0.338 e. The van der Waals surface area contributed by atoms with E-state index in [1.165, 1.54) is 11.3 Å². The molecular weight excluding hydrogens is 484 g/mol. The van der Waals surface area contributed by atoms with Crippen LogP contribution in [0.2, 0.25) is 0 Å². The zero-order valence-electron chi connectivity index (χ0n) is 20.2. The summed E-state index contributed by atoms with van der Waals surface area (Å²) in [4.78, 5) is 32.9. The SMILES string of the molecule is CCOC(=O)C1=C(C)N=c2s/c(=C\c3ccc(OC)cc3OC)c(=O)n2C1c1ccc(SC)cc1. The Morgan fingerprint density at radius 2 is 1.91 bits per heavy atom. The van der Waals surface area contributed by atoms with Crippen LogP contribution in [0.3, 0.4) is 0 Å². The van der Waals surface area contributed by atoms with E-state index in [0.717, 1.165) is 16.0 Å². The van der Waals surface area contributed by atoms with Gasteiger partial charge in [0.05, 0.1) is 42.7 Å². The lowest BCUT2D eigenvalue weighted by molar-refractivity contribution is -0.139. The highest BCUT2D eigenvalue weighted by Crippen LogP contribution is 2.32. The van der Waals surface area contributed by atoms with Crippen molar-refractivity contribution in [2.45, 2.75) is 24.8 Å². The van der Waals surface area contributed by atoms with Crippen molar-refractivity contribution in [3.05, 3.63) is 84.5 Å². The van der Waals surface area contributed by atoms with Crippen LogP contribution in [0.15, 0.2) is 68.4 Å². The number of thioether (sulfide) groups is 1. The van der Waals surface area contributed by atoms with Crippen LogP contribution in [0.4, 0.5) is 0 Å². The normalized spacial score (nSPS) is 15.5. The molecule has 0 fully saturated rings. The molecule has 1 aromatic heterocycles. The van der Waals surface area contributed by atoms with Crippen molar-refractivity contribution in [3.8, 4) is 11.5 Å². The van der Waals surface area contributed by atoms with Gasteiger partial charge >= 0.3 is 5.97 Å². The molecule has 0 saturated heterocycles. The zero-order valence-corrected chi connectivity index (χ0v) is 21.8. The Morgan fingerprint density at radius 1 is 1.17 bits per heavy atom. The minimum atomic E-state index is -0.638. The van der Waals surface area contributed by atoms with E-state index in [2.05, 4.69) is 4.99 Å². The van der Waals surface area contributed by atoms with Gasteiger partial charge in [0.1, 0.15) is 11.5 Å². The summed E-state index contributed by atoms with van der Waals surface area (Å²) in [5.74, 6) is 0.769. The molecule has 0 N–H and O–H groups in total. The third kappa shape index (κ3) is 4.78. The van der Waals surface area contributed by atoms with Gasteiger partial charge in [-0.05, 0) is 56.0 Å². The molecule has 182 valence electrons. The van der Waals surface area contributed by atoms with Crippen LogP contribution in [0.1, 0.15) is 31.0 Å². The number of thiazole rings is 1. The predicted molar refractivity (Wildman–Crippen MR) is 138 cm³/mol. The molecule has 0 bridgehead atoms. The Morgan fingerprint density at radius 3 is 2.54 bits per heavy atom. The van der Waals surface area contributed by atoms with Crippen LogP contribution in [-0.4, -0.2) is 37.6 Å². The Bertz CT molecular complexity index is 1470. The van der Waals surface area contributed by atoms with Crippen LogP contribution >= 0.6 is 23.1 Å². The van der Waals surface area contributed by atoms with E-state index in [1.807, 2.05) is 42.7 Å². The molecule has 4 rings (SSSR count). The van der Waals surface area contributed by atoms with Gasteiger partial charge in [-0.25, -0.2) is 9.79 Å². The van der Waals surface area contributed by atoms with Gasteiger partial charge in [-0.1, -0.05) is 23.5 Å². The molecule has 1 atom stereocenters. The molecule has 0 saturated carbocycles. The first-order valence-corrected chi connectivity index (χ1v) is 13.0. The van der Waals surface area contributed by atoms with Crippen LogP contribution in [0.5, 0.6) is 11.5 Å². The van der Waals surface area contributed by atoms with E-state index in [1.54, 1.807) is 56.5 Å². The third-order valence-corrected chi connectivity index (χ3v) is 7.40. The fourth-order valence-corrected chi connectivity index (χ4v) is 5.42. The lowest BCUT2D eigenvalue weighted by atomic mass is 9.96. The Balaban J connectivity index is 1.93. The van der Waals surface area contributed by atoms with E-state index in [9.17, 15) is 9.59 Å². The van der Waals surface area contributed by atoms with Gasteiger partial charge in [-0.2, -0.15) is 0 Å². The maximum Gasteiger partial charge on any atom is 0.338 e. The van der Waals surface area contributed by atoms with E-state index in [0.29, 0.717) is 32.1 Å². The highest BCUT2D eigenvalue weighted by Gasteiger charge is 2.33.